The maximum atomic E-state index is 12.5. The number of carbonyl (C=O) groups excluding carboxylic acids is 1. The molecule has 0 unspecified atom stereocenters. The summed E-state index contributed by atoms with van der Waals surface area (Å²) in [4.78, 5) is 25.0. The van der Waals surface area contributed by atoms with Crippen LogP contribution in [0.4, 0.5) is 5.69 Å². The lowest BCUT2D eigenvalue weighted by Crippen LogP contribution is -2.30. The minimum absolute atomic E-state index is 0.132. The number of hydrogen-bond donors (Lipinski definition) is 1. The van der Waals surface area contributed by atoms with E-state index in [1.54, 1.807) is 0 Å². The van der Waals surface area contributed by atoms with Crippen LogP contribution in [0.5, 0.6) is 0 Å². The summed E-state index contributed by atoms with van der Waals surface area (Å²) in [7, 11) is 0. The Kier molecular flexibility index (Phi) is 5.10. The molecule has 0 spiro atoms. The van der Waals surface area contributed by atoms with Gasteiger partial charge in [0.2, 0.25) is 10.9 Å². The fourth-order valence-corrected chi connectivity index (χ4v) is 3.86. The summed E-state index contributed by atoms with van der Waals surface area (Å²) in [5.41, 5.74) is 1.58. The van der Waals surface area contributed by atoms with Crippen LogP contribution in [0.1, 0.15) is 32.0 Å². The highest BCUT2D eigenvalue weighted by molar-refractivity contribution is 8.01. The van der Waals surface area contributed by atoms with Gasteiger partial charge < -0.3 is 5.32 Å². The molecule has 0 bridgehead atoms. The summed E-state index contributed by atoms with van der Waals surface area (Å²) in [6.45, 7) is 7.71. The molecule has 2 aromatic heterocycles. The second-order valence-electron chi connectivity index (χ2n) is 6.87. The Bertz CT molecular complexity index is 1000. The fourth-order valence-electron chi connectivity index (χ4n) is 2.19. The highest BCUT2D eigenvalue weighted by atomic mass is 32.2. The lowest BCUT2D eigenvalue weighted by molar-refractivity contribution is -0.113. The lowest BCUT2D eigenvalue weighted by atomic mass is 9.93. The number of fused-ring (bicyclic) bond motifs is 1. The molecular weight excluding hydrogens is 370 g/mol. The number of thioether (sulfide) groups is 1. The number of nitrogens with zero attached hydrogens (tertiary/aromatic N) is 4. The van der Waals surface area contributed by atoms with Gasteiger partial charge in [0.15, 0.2) is 4.34 Å². The van der Waals surface area contributed by atoms with Gasteiger partial charge in [0.05, 0.1) is 5.75 Å². The van der Waals surface area contributed by atoms with E-state index >= 15 is 0 Å². The summed E-state index contributed by atoms with van der Waals surface area (Å²) in [5, 5.41) is 15.2. The van der Waals surface area contributed by atoms with Gasteiger partial charge in [-0.3, -0.25) is 9.59 Å². The third kappa shape index (κ3) is 4.10. The van der Waals surface area contributed by atoms with Crippen molar-refractivity contribution in [2.45, 2.75) is 37.4 Å². The Morgan fingerprint density at radius 1 is 1.23 bits per heavy atom. The van der Waals surface area contributed by atoms with Crippen molar-refractivity contribution in [3.8, 4) is 0 Å². The predicted molar refractivity (Wildman–Crippen MR) is 104 cm³/mol. The standard InChI is InChI=1S/C17H19N5O2S2/c1-10-5-7-11(8-6-10)18-12(23)9-25-16-21-22-14(24)13(17(2,3)4)19-20-15(22)26-16/h5-8H,9H2,1-4H3,(H,18,23). The number of benzene rings is 1. The first-order valence-corrected chi connectivity index (χ1v) is 9.80. The number of aryl methyl sites for hydroxylation is 1. The first-order valence-electron chi connectivity index (χ1n) is 8.00. The molecule has 0 atom stereocenters. The Morgan fingerprint density at radius 3 is 2.58 bits per heavy atom. The molecule has 9 heteroatoms. The van der Waals surface area contributed by atoms with E-state index in [4.69, 9.17) is 0 Å². The van der Waals surface area contributed by atoms with Gasteiger partial charge in [0.25, 0.3) is 5.56 Å². The molecule has 7 nitrogen and oxygen atoms in total. The molecule has 136 valence electrons. The molecular formula is C17H19N5O2S2. The van der Waals surface area contributed by atoms with Crippen LogP contribution in [0.2, 0.25) is 0 Å². The van der Waals surface area contributed by atoms with Gasteiger partial charge in [0, 0.05) is 11.1 Å². The largest absolute Gasteiger partial charge is 0.325 e. The molecule has 0 fully saturated rings. The Hall–Kier alpha value is -2.26. The summed E-state index contributed by atoms with van der Waals surface area (Å²) in [5.74, 6) is 0.0640. The van der Waals surface area contributed by atoms with Crippen molar-refractivity contribution >= 4 is 39.7 Å². The average molecular weight is 390 g/mol. The van der Waals surface area contributed by atoms with Crippen LogP contribution in [0, 0.1) is 6.92 Å². The molecule has 0 aliphatic heterocycles. The SMILES string of the molecule is Cc1ccc(NC(=O)CSc2nn3c(=O)c(C(C)(C)C)nnc3s2)cc1. The smallest absolute Gasteiger partial charge is 0.297 e. The topological polar surface area (TPSA) is 89.3 Å². The van der Waals surface area contributed by atoms with E-state index in [-0.39, 0.29) is 17.2 Å². The van der Waals surface area contributed by atoms with Crippen LogP contribution in [-0.2, 0) is 10.2 Å². The molecule has 0 radical (unpaired) electrons. The van der Waals surface area contributed by atoms with Gasteiger partial charge in [-0.05, 0) is 19.1 Å². The van der Waals surface area contributed by atoms with Crippen molar-refractivity contribution in [1.82, 2.24) is 19.8 Å². The first-order chi connectivity index (χ1) is 12.2. The van der Waals surface area contributed by atoms with Crippen LogP contribution in [0.3, 0.4) is 0 Å². The summed E-state index contributed by atoms with van der Waals surface area (Å²) in [6, 6.07) is 7.60. The molecule has 1 amide bonds. The fraction of sp³-hybridized carbons (Fsp3) is 0.353. The van der Waals surface area contributed by atoms with Gasteiger partial charge in [-0.25, -0.2) is 0 Å². The summed E-state index contributed by atoms with van der Waals surface area (Å²) in [6.07, 6.45) is 0. The van der Waals surface area contributed by atoms with E-state index in [9.17, 15) is 9.59 Å². The summed E-state index contributed by atoms with van der Waals surface area (Å²) < 4.78 is 1.86. The van der Waals surface area contributed by atoms with E-state index < -0.39 is 5.41 Å². The predicted octanol–water partition coefficient (Wildman–Crippen LogP) is 2.88. The second kappa shape index (κ2) is 7.16. The molecule has 0 aliphatic carbocycles. The van der Waals surface area contributed by atoms with Crippen molar-refractivity contribution in [3.63, 3.8) is 0 Å². The minimum atomic E-state index is -0.407. The van der Waals surface area contributed by atoms with Crippen LogP contribution in [0.25, 0.3) is 4.96 Å². The zero-order valence-electron chi connectivity index (χ0n) is 14.9. The quantitative estimate of drug-likeness (QED) is 0.690. The van der Waals surface area contributed by atoms with Crippen molar-refractivity contribution in [3.05, 3.63) is 45.9 Å². The van der Waals surface area contributed by atoms with Crippen molar-refractivity contribution in [2.75, 3.05) is 11.1 Å². The molecule has 2 heterocycles. The lowest BCUT2D eigenvalue weighted by Gasteiger charge is -2.14. The molecule has 0 saturated heterocycles. The highest BCUT2D eigenvalue weighted by Gasteiger charge is 2.23. The summed E-state index contributed by atoms with van der Waals surface area (Å²) >= 11 is 2.51. The van der Waals surface area contributed by atoms with E-state index in [1.807, 2.05) is 52.0 Å². The monoisotopic (exact) mass is 389 g/mol. The number of aromatic nitrogens is 4. The molecule has 1 aromatic carbocycles. The Balaban J connectivity index is 1.71. The Labute approximate surface area is 158 Å². The van der Waals surface area contributed by atoms with Gasteiger partial charge >= 0.3 is 0 Å². The zero-order chi connectivity index (χ0) is 18.9. The average Bonchev–Trinajstić information content (AvgIpc) is 2.98. The zero-order valence-corrected chi connectivity index (χ0v) is 16.6. The van der Waals surface area contributed by atoms with Crippen LogP contribution in [0.15, 0.2) is 33.4 Å². The van der Waals surface area contributed by atoms with Gasteiger partial charge in [-0.2, -0.15) is 4.52 Å². The van der Waals surface area contributed by atoms with E-state index in [2.05, 4.69) is 20.6 Å². The molecule has 3 rings (SSSR count). The molecule has 0 aliphatic rings. The van der Waals surface area contributed by atoms with E-state index in [0.717, 1.165) is 11.3 Å². The maximum Gasteiger partial charge on any atom is 0.297 e. The van der Waals surface area contributed by atoms with Gasteiger partial charge in [-0.15, -0.1) is 15.3 Å². The van der Waals surface area contributed by atoms with Crippen LogP contribution >= 0.6 is 23.1 Å². The third-order valence-electron chi connectivity index (χ3n) is 3.54. The van der Waals surface area contributed by atoms with E-state index in [1.165, 1.54) is 27.6 Å². The maximum absolute atomic E-state index is 12.5. The van der Waals surface area contributed by atoms with E-state index in [0.29, 0.717) is 15.0 Å². The van der Waals surface area contributed by atoms with Crippen molar-refractivity contribution in [1.29, 1.82) is 0 Å². The Morgan fingerprint density at radius 2 is 1.92 bits per heavy atom. The minimum Gasteiger partial charge on any atom is -0.325 e. The van der Waals surface area contributed by atoms with Crippen LogP contribution < -0.4 is 10.9 Å². The highest BCUT2D eigenvalue weighted by Crippen LogP contribution is 2.24. The first kappa shape index (κ1) is 18.5. The number of amides is 1. The van der Waals surface area contributed by atoms with Gasteiger partial charge in [-0.1, -0.05) is 61.6 Å². The van der Waals surface area contributed by atoms with Crippen LogP contribution in [-0.4, -0.2) is 31.5 Å². The normalized spacial score (nSPS) is 11.7. The number of hydrogen-bond acceptors (Lipinski definition) is 7. The molecule has 0 saturated carbocycles. The molecule has 26 heavy (non-hydrogen) atoms. The number of nitrogens with one attached hydrogen (secondary N) is 1. The van der Waals surface area contributed by atoms with Gasteiger partial charge in [0.1, 0.15) is 5.69 Å². The third-order valence-corrected chi connectivity index (χ3v) is 5.58. The number of rotatable bonds is 4. The van der Waals surface area contributed by atoms with Crippen molar-refractivity contribution < 1.29 is 4.79 Å². The molecule has 1 N–H and O–H groups in total. The second-order valence-corrected chi connectivity index (χ2v) is 9.05. The number of carbonyl (C=O) groups is 1. The molecule has 3 aromatic rings. The number of anilines is 1. The van der Waals surface area contributed by atoms with Crippen molar-refractivity contribution in [2.24, 2.45) is 0 Å².